The van der Waals surface area contributed by atoms with E-state index in [4.69, 9.17) is 16.3 Å². The summed E-state index contributed by atoms with van der Waals surface area (Å²) in [4.78, 5) is 15.1. The first-order valence-corrected chi connectivity index (χ1v) is 10.6. The topological polar surface area (TPSA) is 59.4 Å². The van der Waals surface area contributed by atoms with Gasteiger partial charge in [-0.15, -0.1) is 0 Å². The van der Waals surface area contributed by atoms with Gasteiger partial charge in [0.2, 0.25) is 0 Å². The summed E-state index contributed by atoms with van der Waals surface area (Å²) in [6, 6.07) is 15.9. The molecular weight excluding hydrogens is 412 g/mol. The molecule has 0 aliphatic heterocycles. The number of aromatic nitrogens is 2. The van der Waals surface area contributed by atoms with Crippen molar-refractivity contribution < 1.29 is 9.53 Å². The van der Waals surface area contributed by atoms with Crippen molar-refractivity contribution in [2.75, 3.05) is 27.7 Å². The first-order valence-electron chi connectivity index (χ1n) is 10.2. The Hall–Kier alpha value is -2.83. The molecule has 3 aromatic rings. The fourth-order valence-corrected chi connectivity index (χ4v) is 3.89. The van der Waals surface area contributed by atoms with E-state index in [0.717, 1.165) is 16.9 Å². The highest BCUT2D eigenvalue weighted by atomic mass is 35.5. The zero-order chi connectivity index (χ0) is 22.5. The van der Waals surface area contributed by atoms with Crippen LogP contribution in [0.1, 0.15) is 38.8 Å². The fourth-order valence-electron chi connectivity index (χ4n) is 3.57. The molecule has 1 aromatic heterocycles. The van der Waals surface area contributed by atoms with Crippen molar-refractivity contribution in [2.45, 2.75) is 26.4 Å². The predicted molar refractivity (Wildman–Crippen MR) is 124 cm³/mol. The van der Waals surface area contributed by atoms with Crippen LogP contribution >= 0.6 is 11.6 Å². The number of para-hydroxylation sites is 1. The van der Waals surface area contributed by atoms with Crippen LogP contribution < -0.4 is 10.1 Å². The molecule has 2 aromatic carbocycles. The number of halogens is 1. The smallest absolute Gasteiger partial charge is 0.256 e. The van der Waals surface area contributed by atoms with Crippen LogP contribution in [0.2, 0.25) is 5.15 Å². The van der Waals surface area contributed by atoms with Crippen LogP contribution in [0.25, 0.3) is 0 Å². The molecule has 31 heavy (non-hydrogen) atoms. The molecule has 0 fully saturated rings. The van der Waals surface area contributed by atoms with Gasteiger partial charge in [0.25, 0.3) is 5.91 Å². The van der Waals surface area contributed by atoms with Gasteiger partial charge in [-0.2, -0.15) is 5.10 Å². The number of methoxy groups -OCH3 is 1. The van der Waals surface area contributed by atoms with Crippen LogP contribution in [0.15, 0.2) is 48.5 Å². The molecule has 3 rings (SSSR count). The SMILES string of the molecule is COc1ccccc1C(CNC(=O)c1c(C)nn(Cc2ccc(C)cc2)c1Cl)N(C)C. The van der Waals surface area contributed by atoms with Crippen molar-refractivity contribution in [2.24, 2.45) is 0 Å². The summed E-state index contributed by atoms with van der Waals surface area (Å²) in [5.74, 6) is 0.551. The largest absolute Gasteiger partial charge is 0.496 e. The average Bonchev–Trinajstić information content (AvgIpc) is 3.02. The Bertz CT molecular complexity index is 1040. The zero-order valence-corrected chi connectivity index (χ0v) is 19.4. The molecule has 6 nitrogen and oxygen atoms in total. The van der Waals surface area contributed by atoms with Gasteiger partial charge in [-0.3, -0.25) is 4.79 Å². The summed E-state index contributed by atoms with van der Waals surface area (Å²) >= 11 is 6.56. The lowest BCUT2D eigenvalue weighted by Gasteiger charge is -2.26. The van der Waals surface area contributed by atoms with Crippen molar-refractivity contribution >= 4 is 17.5 Å². The monoisotopic (exact) mass is 440 g/mol. The normalized spacial score (nSPS) is 12.1. The second-order valence-corrected chi connectivity index (χ2v) is 8.18. The van der Waals surface area contributed by atoms with Gasteiger partial charge in [0.15, 0.2) is 0 Å². The summed E-state index contributed by atoms with van der Waals surface area (Å²) in [6.45, 7) is 4.76. The minimum atomic E-state index is -0.237. The summed E-state index contributed by atoms with van der Waals surface area (Å²) in [6.07, 6.45) is 0. The highest BCUT2D eigenvalue weighted by Crippen LogP contribution is 2.28. The molecule has 0 radical (unpaired) electrons. The molecule has 164 valence electrons. The number of benzene rings is 2. The van der Waals surface area contributed by atoms with E-state index < -0.39 is 0 Å². The Balaban J connectivity index is 1.76. The first kappa shape index (κ1) is 22.8. The number of carbonyl (C=O) groups excluding carboxylic acids is 1. The minimum Gasteiger partial charge on any atom is -0.496 e. The van der Waals surface area contributed by atoms with Gasteiger partial charge in [-0.25, -0.2) is 4.68 Å². The molecule has 1 amide bonds. The van der Waals surface area contributed by atoms with Gasteiger partial charge in [-0.05, 0) is 39.6 Å². The molecule has 0 saturated heterocycles. The number of hydrogen-bond acceptors (Lipinski definition) is 4. The third-order valence-electron chi connectivity index (χ3n) is 5.32. The molecule has 1 unspecified atom stereocenters. The van der Waals surface area contributed by atoms with Gasteiger partial charge in [-0.1, -0.05) is 59.6 Å². The lowest BCUT2D eigenvalue weighted by molar-refractivity contribution is 0.0941. The Morgan fingerprint density at radius 1 is 1.16 bits per heavy atom. The fraction of sp³-hybridized carbons (Fsp3) is 0.333. The molecule has 0 aliphatic carbocycles. The van der Waals surface area contributed by atoms with E-state index in [0.29, 0.717) is 29.5 Å². The van der Waals surface area contributed by atoms with E-state index >= 15 is 0 Å². The van der Waals surface area contributed by atoms with Crippen molar-refractivity contribution in [1.82, 2.24) is 20.0 Å². The van der Waals surface area contributed by atoms with Crippen molar-refractivity contribution in [1.29, 1.82) is 0 Å². The summed E-state index contributed by atoms with van der Waals surface area (Å²) < 4.78 is 7.17. The molecule has 0 bridgehead atoms. The quantitative estimate of drug-likeness (QED) is 0.569. The molecule has 7 heteroatoms. The maximum atomic E-state index is 13.0. The third-order valence-corrected chi connectivity index (χ3v) is 5.71. The number of ether oxygens (including phenoxy) is 1. The Morgan fingerprint density at radius 3 is 2.48 bits per heavy atom. The maximum Gasteiger partial charge on any atom is 0.256 e. The number of amides is 1. The molecule has 1 N–H and O–H groups in total. The third kappa shape index (κ3) is 5.27. The Kier molecular flexibility index (Phi) is 7.36. The van der Waals surface area contributed by atoms with Gasteiger partial charge in [0, 0.05) is 12.1 Å². The molecule has 1 atom stereocenters. The van der Waals surface area contributed by atoms with Crippen LogP contribution in [-0.4, -0.2) is 48.3 Å². The van der Waals surface area contributed by atoms with Crippen LogP contribution in [-0.2, 0) is 6.54 Å². The Morgan fingerprint density at radius 2 is 1.84 bits per heavy atom. The number of hydrogen-bond donors (Lipinski definition) is 1. The molecule has 1 heterocycles. The van der Waals surface area contributed by atoms with Crippen LogP contribution in [0.3, 0.4) is 0 Å². The standard InChI is InChI=1S/C24H29ClN4O2/c1-16-10-12-18(13-11-16)15-29-23(25)22(17(2)27-29)24(30)26-14-20(28(3)4)19-8-6-7-9-21(19)31-5/h6-13,20H,14-15H2,1-5H3,(H,26,30). The number of aryl methyl sites for hydroxylation is 2. The molecule has 0 spiro atoms. The lowest BCUT2D eigenvalue weighted by atomic mass is 10.0. The van der Waals surface area contributed by atoms with Crippen LogP contribution in [0.5, 0.6) is 5.75 Å². The molecule has 0 saturated carbocycles. The van der Waals surface area contributed by atoms with Gasteiger partial charge in [0.05, 0.1) is 31.0 Å². The van der Waals surface area contributed by atoms with E-state index in [1.54, 1.807) is 18.7 Å². The predicted octanol–water partition coefficient (Wildman–Crippen LogP) is 4.24. The van der Waals surface area contributed by atoms with E-state index in [2.05, 4.69) is 10.4 Å². The van der Waals surface area contributed by atoms with Gasteiger partial charge in [0.1, 0.15) is 10.9 Å². The number of likely N-dealkylation sites (N-methyl/N-ethyl adjacent to an activating group) is 1. The van der Waals surface area contributed by atoms with Crippen LogP contribution in [0, 0.1) is 13.8 Å². The van der Waals surface area contributed by atoms with E-state index in [-0.39, 0.29) is 11.9 Å². The highest BCUT2D eigenvalue weighted by Gasteiger charge is 2.23. The van der Waals surface area contributed by atoms with E-state index in [1.165, 1.54) is 5.56 Å². The summed E-state index contributed by atoms with van der Waals surface area (Å²) in [5, 5.41) is 7.85. The van der Waals surface area contributed by atoms with Crippen molar-refractivity contribution in [3.05, 3.63) is 81.6 Å². The van der Waals surface area contributed by atoms with Gasteiger partial charge >= 0.3 is 0 Å². The summed E-state index contributed by atoms with van der Waals surface area (Å²) in [7, 11) is 5.60. The number of nitrogens with one attached hydrogen (secondary N) is 1. The van der Waals surface area contributed by atoms with E-state index in [9.17, 15) is 4.79 Å². The number of nitrogens with zero attached hydrogens (tertiary/aromatic N) is 3. The zero-order valence-electron chi connectivity index (χ0n) is 18.6. The van der Waals surface area contributed by atoms with Gasteiger partial charge < -0.3 is 15.0 Å². The van der Waals surface area contributed by atoms with Crippen molar-refractivity contribution in [3.63, 3.8) is 0 Å². The highest BCUT2D eigenvalue weighted by molar-refractivity contribution is 6.33. The first-order chi connectivity index (χ1) is 14.8. The maximum absolute atomic E-state index is 13.0. The van der Waals surface area contributed by atoms with Crippen molar-refractivity contribution in [3.8, 4) is 5.75 Å². The Labute approximate surface area is 188 Å². The number of carbonyl (C=O) groups is 1. The molecule has 0 aliphatic rings. The average molecular weight is 441 g/mol. The van der Waals surface area contributed by atoms with E-state index in [1.807, 2.05) is 74.4 Å². The second kappa shape index (κ2) is 9.98. The lowest BCUT2D eigenvalue weighted by Crippen LogP contribution is -2.35. The molecular formula is C24H29ClN4O2. The second-order valence-electron chi connectivity index (χ2n) is 7.83. The summed E-state index contributed by atoms with van der Waals surface area (Å²) in [5.41, 5.74) is 4.29. The minimum absolute atomic E-state index is 0.0539. The number of rotatable bonds is 8. The van der Waals surface area contributed by atoms with Crippen LogP contribution in [0.4, 0.5) is 0 Å².